The van der Waals surface area contributed by atoms with E-state index < -0.39 is 0 Å². The zero-order chi connectivity index (χ0) is 11.7. The van der Waals surface area contributed by atoms with Crippen LogP contribution in [-0.4, -0.2) is 49.3 Å². The molecule has 0 radical (unpaired) electrons. The number of nitrogens with one attached hydrogen (secondary N) is 2. The second-order valence-electron chi connectivity index (χ2n) is 4.21. The summed E-state index contributed by atoms with van der Waals surface area (Å²) in [7, 11) is 0. The van der Waals surface area contributed by atoms with Crippen molar-refractivity contribution in [3.63, 3.8) is 0 Å². The minimum Gasteiger partial charge on any atom is -0.371 e. The molecule has 0 aromatic carbocycles. The molecule has 0 aromatic heterocycles. The fourth-order valence-corrected chi connectivity index (χ4v) is 2.27. The highest BCUT2D eigenvalue weighted by Gasteiger charge is 2.48. The number of hydrogen-bond acceptors (Lipinski definition) is 4. The predicted octanol–water partition coefficient (Wildman–Crippen LogP) is -1.21. The molecule has 0 spiro atoms. The van der Waals surface area contributed by atoms with Crippen molar-refractivity contribution in [2.75, 3.05) is 13.2 Å². The first-order chi connectivity index (χ1) is 7.58. The van der Waals surface area contributed by atoms with Gasteiger partial charge in [0.2, 0.25) is 11.8 Å². The number of fused-ring (bicyclic) bond motifs is 1. The Morgan fingerprint density at radius 3 is 1.62 bits per heavy atom. The molecule has 2 saturated heterocycles. The van der Waals surface area contributed by atoms with Crippen LogP contribution in [0.25, 0.3) is 0 Å². The van der Waals surface area contributed by atoms with E-state index in [1.165, 1.54) is 13.8 Å². The van der Waals surface area contributed by atoms with E-state index in [4.69, 9.17) is 9.47 Å². The molecule has 2 rings (SSSR count). The maximum absolute atomic E-state index is 11.0. The van der Waals surface area contributed by atoms with E-state index in [0.29, 0.717) is 13.2 Å². The molecule has 2 N–H and O–H groups in total. The smallest absolute Gasteiger partial charge is 0.217 e. The molecule has 6 heteroatoms. The van der Waals surface area contributed by atoms with Crippen LogP contribution in [0.3, 0.4) is 0 Å². The molecule has 2 aliphatic heterocycles. The van der Waals surface area contributed by atoms with E-state index in [-0.39, 0.29) is 36.1 Å². The summed E-state index contributed by atoms with van der Waals surface area (Å²) in [4.78, 5) is 21.9. The van der Waals surface area contributed by atoms with E-state index in [2.05, 4.69) is 10.6 Å². The number of amides is 2. The van der Waals surface area contributed by atoms with Gasteiger partial charge in [0.15, 0.2) is 0 Å². The van der Waals surface area contributed by atoms with Gasteiger partial charge in [-0.1, -0.05) is 0 Å². The van der Waals surface area contributed by atoms with Gasteiger partial charge in [0.1, 0.15) is 12.2 Å². The van der Waals surface area contributed by atoms with Crippen LogP contribution >= 0.6 is 0 Å². The van der Waals surface area contributed by atoms with Gasteiger partial charge in [-0.25, -0.2) is 0 Å². The van der Waals surface area contributed by atoms with Crippen molar-refractivity contribution in [3.8, 4) is 0 Å². The maximum Gasteiger partial charge on any atom is 0.217 e. The summed E-state index contributed by atoms with van der Waals surface area (Å²) in [5.41, 5.74) is 0. The normalized spacial score (nSPS) is 36.9. The van der Waals surface area contributed by atoms with Gasteiger partial charge in [-0.15, -0.1) is 0 Å². The van der Waals surface area contributed by atoms with Crippen molar-refractivity contribution in [1.29, 1.82) is 0 Å². The zero-order valence-corrected chi connectivity index (χ0v) is 9.36. The van der Waals surface area contributed by atoms with E-state index in [0.717, 1.165) is 0 Å². The van der Waals surface area contributed by atoms with E-state index in [1.807, 2.05) is 0 Å². The lowest BCUT2D eigenvalue weighted by molar-refractivity contribution is -0.120. The standard InChI is InChI=1S/C10H16N2O4/c1-5(13)11-7-3-15-10-8(12-6(2)14)4-16-9(7)10/h7-10H,3-4H2,1-2H3,(H,11,13)(H,12,14)/t7-,8+,9-,10-/m1/s1. The lowest BCUT2D eigenvalue weighted by Gasteiger charge is -2.17. The minimum atomic E-state index is -0.152. The first kappa shape index (κ1) is 11.3. The first-order valence-electron chi connectivity index (χ1n) is 5.35. The molecule has 0 aliphatic carbocycles. The number of rotatable bonds is 2. The maximum atomic E-state index is 11.0. The highest BCUT2D eigenvalue weighted by atomic mass is 16.6. The molecule has 0 bridgehead atoms. The van der Waals surface area contributed by atoms with E-state index in [9.17, 15) is 9.59 Å². The summed E-state index contributed by atoms with van der Waals surface area (Å²) < 4.78 is 11.1. The first-order valence-corrected chi connectivity index (χ1v) is 5.35. The Morgan fingerprint density at radius 1 is 0.938 bits per heavy atom. The fraction of sp³-hybridized carbons (Fsp3) is 0.800. The molecular formula is C10H16N2O4. The van der Waals surface area contributed by atoms with E-state index >= 15 is 0 Å². The molecule has 2 aliphatic rings. The van der Waals surface area contributed by atoms with Crippen LogP contribution in [0.5, 0.6) is 0 Å². The largest absolute Gasteiger partial charge is 0.371 e. The molecule has 16 heavy (non-hydrogen) atoms. The third-order valence-electron chi connectivity index (χ3n) is 2.83. The number of ether oxygens (including phenoxy) is 2. The third kappa shape index (κ3) is 2.17. The summed E-state index contributed by atoms with van der Waals surface area (Å²) in [6.07, 6.45) is -0.304. The molecule has 6 nitrogen and oxygen atoms in total. The van der Waals surface area contributed by atoms with Gasteiger partial charge < -0.3 is 20.1 Å². The fourth-order valence-electron chi connectivity index (χ4n) is 2.27. The van der Waals surface area contributed by atoms with Crippen molar-refractivity contribution in [3.05, 3.63) is 0 Å². The average Bonchev–Trinajstić information content (AvgIpc) is 2.70. The van der Waals surface area contributed by atoms with Crippen molar-refractivity contribution in [2.45, 2.75) is 38.1 Å². The summed E-state index contributed by atoms with van der Waals surface area (Å²) in [5.74, 6) is -0.193. The molecule has 2 fully saturated rings. The Morgan fingerprint density at radius 2 is 1.31 bits per heavy atom. The minimum absolute atomic E-state index is 0.0965. The molecule has 0 aromatic rings. The Kier molecular flexibility index (Phi) is 3.11. The quantitative estimate of drug-likeness (QED) is 0.622. The van der Waals surface area contributed by atoms with Crippen LogP contribution in [0.15, 0.2) is 0 Å². The molecule has 0 unspecified atom stereocenters. The number of hydrogen-bond donors (Lipinski definition) is 2. The molecule has 0 saturated carbocycles. The summed E-state index contributed by atoms with van der Waals surface area (Å²) in [5, 5.41) is 5.57. The summed E-state index contributed by atoms with van der Waals surface area (Å²) >= 11 is 0. The van der Waals surface area contributed by atoms with Crippen LogP contribution in [0.1, 0.15) is 13.8 Å². The highest BCUT2D eigenvalue weighted by Crippen LogP contribution is 2.26. The van der Waals surface area contributed by atoms with Crippen LogP contribution in [0, 0.1) is 0 Å². The van der Waals surface area contributed by atoms with Crippen LogP contribution in [0.2, 0.25) is 0 Å². The van der Waals surface area contributed by atoms with Gasteiger partial charge in [0.25, 0.3) is 0 Å². The molecule has 2 heterocycles. The Bertz CT molecular complexity index is 277. The van der Waals surface area contributed by atoms with Gasteiger partial charge in [-0.3, -0.25) is 9.59 Å². The average molecular weight is 228 g/mol. The van der Waals surface area contributed by atoms with Gasteiger partial charge >= 0.3 is 0 Å². The predicted molar refractivity (Wildman–Crippen MR) is 54.7 cm³/mol. The Balaban J connectivity index is 1.95. The lowest BCUT2D eigenvalue weighted by Crippen LogP contribution is -2.46. The highest BCUT2D eigenvalue weighted by molar-refractivity contribution is 5.74. The SMILES string of the molecule is CC(=O)N[C@H]1CO[C@H]2[C@@H]1OC[C@H]2NC(C)=O. The van der Waals surface area contributed by atoms with Gasteiger partial charge in [-0.2, -0.15) is 0 Å². The molecular weight excluding hydrogens is 212 g/mol. The third-order valence-corrected chi connectivity index (χ3v) is 2.83. The van der Waals surface area contributed by atoms with Crippen molar-refractivity contribution in [1.82, 2.24) is 10.6 Å². The Hall–Kier alpha value is -1.14. The topological polar surface area (TPSA) is 76.7 Å². The molecule has 4 atom stereocenters. The van der Waals surface area contributed by atoms with Crippen molar-refractivity contribution in [2.24, 2.45) is 0 Å². The van der Waals surface area contributed by atoms with E-state index in [1.54, 1.807) is 0 Å². The second kappa shape index (κ2) is 4.39. The van der Waals surface area contributed by atoms with Crippen molar-refractivity contribution >= 4 is 11.8 Å². The molecule has 90 valence electrons. The van der Waals surface area contributed by atoms with Crippen LogP contribution in [-0.2, 0) is 19.1 Å². The van der Waals surface area contributed by atoms with Crippen LogP contribution in [0.4, 0.5) is 0 Å². The van der Waals surface area contributed by atoms with Crippen molar-refractivity contribution < 1.29 is 19.1 Å². The number of carbonyl (C=O) groups is 2. The lowest BCUT2D eigenvalue weighted by atomic mass is 10.1. The second-order valence-corrected chi connectivity index (χ2v) is 4.21. The van der Waals surface area contributed by atoms with Gasteiger partial charge in [0.05, 0.1) is 25.3 Å². The number of carbonyl (C=O) groups excluding carboxylic acids is 2. The Labute approximate surface area is 93.7 Å². The molecule has 2 amide bonds. The zero-order valence-electron chi connectivity index (χ0n) is 9.36. The van der Waals surface area contributed by atoms with Gasteiger partial charge in [-0.05, 0) is 0 Å². The van der Waals surface area contributed by atoms with Gasteiger partial charge in [0, 0.05) is 13.8 Å². The summed E-state index contributed by atoms with van der Waals surface area (Å²) in [6, 6.07) is -0.220. The van der Waals surface area contributed by atoms with Crippen LogP contribution < -0.4 is 10.6 Å². The summed E-state index contributed by atoms with van der Waals surface area (Å²) in [6.45, 7) is 3.80. The monoisotopic (exact) mass is 228 g/mol.